The van der Waals surface area contributed by atoms with E-state index in [9.17, 15) is 9.18 Å². The second-order valence-electron chi connectivity index (χ2n) is 6.57. The Bertz CT molecular complexity index is 620. The van der Waals surface area contributed by atoms with E-state index in [1.165, 1.54) is 17.7 Å². The molecule has 0 saturated carbocycles. The average Bonchev–Trinajstić information content (AvgIpc) is 2.58. The van der Waals surface area contributed by atoms with Crippen molar-refractivity contribution in [2.75, 3.05) is 26.2 Å². The summed E-state index contributed by atoms with van der Waals surface area (Å²) in [6, 6.07) is 4.61. The third-order valence-electron chi connectivity index (χ3n) is 4.73. The zero-order chi connectivity index (χ0) is 18.4. The minimum atomic E-state index is -1.36. The van der Waals surface area contributed by atoms with E-state index in [1.807, 2.05) is 6.92 Å². The maximum atomic E-state index is 15.0. The van der Waals surface area contributed by atoms with E-state index >= 15 is 0 Å². The zero-order valence-electron chi connectivity index (χ0n) is 14.7. The largest absolute Gasteiger partial charge is 0.349 e. The van der Waals surface area contributed by atoms with E-state index in [0.29, 0.717) is 41.5 Å². The van der Waals surface area contributed by atoms with Crippen LogP contribution in [0.3, 0.4) is 0 Å². The molecule has 0 spiro atoms. The van der Waals surface area contributed by atoms with Crippen molar-refractivity contribution in [2.45, 2.75) is 38.8 Å². The van der Waals surface area contributed by atoms with Gasteiger partial charge in [0.05, 0.1) is 6.54 Å². The van der Waals surface area contributed by atoms with Crippen LogP contribution in [-0.2, 0) is 0 Å². The van der Waals surface area contributed by atoms with Crippen LogP contribution in [0.25, 0.3) is 0 Å². The van der Waals surface area contributed by atoms with Gasteiger partial charge < -0.3 is 5.32 Å². The van der Waals surface area contributed by atoms with Crippen LogP contribution in [0.2, 0.25) is 10.0 Å². The Balaban J connectivity index is 1.86. The highest BCUT2D eigenvalue weighted by Crippen LogP contribution is 2.27. The van der Waals surface area contributed by atoms with E-state index in [-0.39, 0.29) is 12.5 Å². The lowest BCUT2D eigenvalue weighted by atomic mass is 9.92. The summed E-state index contributed by atoms with van der Waals surface area (Å²) in [5.74, 6) is -0.356. The Morgan fingerprint density at radius 3 is 2.40 bits per heavy atom. The molecule has 1 aliphatic heterocycles. The molecular formula is C19H25Cl2FN2O. The molecule has 0 radical (unpaired) electrons. The number of rotatable bonds is 6. The van der Waals surface area contributed by atoms with Gasteiger partial charge in [-0.15, -0.1) is 0 Å². The fourth-order valence-corrected chi connectivity index (χ4v) is 3.53. The van der Waals surface area contributed by atoms with E-state index in [4.69, 9.17) is 23.2 Å². The van der Waals surface area contributed by atoms with Gasteiger partial charge in [0.1, 0.15) is 5.67 Å². The molecule has 1 aliphatic rings. The zero-order valence-corrected chi connectivity index (χ0v) is 16.3. The van der Waals surface area contributed by atoms with Gasteiger partial charge in [0.25, 0.3) is 5.91 Å². The molecule has 0 atom stereocenters. The van der Waals surface area contributed by atoms with Crippen molar-refractivity contribution in [3.05, 3.63) is 45.5 Å². The maximum Gasteiger partial charge on any atom is 0.251 e. The first-order chi connectivity index (χ1) is 11.8. The fourth-order valence-electron chi connectivity index (χ4n) is 3.01. The van der Waals surface area contributed by atoms with Gasteiger partial charge in [-0.05, 0) is 44.4 Å². The average molecular weight is 387 g/mol. The van der Waals surface area contributed by atoms with Crippen LogP contribution in [0, 0.1) is 0 Å². The number of amides is 1. The smallest absolute Gasteiger partial charge is 0.251 e. The van der Waals surface area contributed by atoms with Crippen molar-refractivity contribution in [2.24, 2.45) is 0 Å². The molecule has 0 bridgehead atoms. The summed E-state index contributed by atoms with van der Waals surface area (Å²) in [6.45, 7) is 6.49. The molecule has 25 heavy (non-hydrogen) atoms. The SMILES string of the molecule is C/C=C(\CC)CN1CCC(F)(CNC(=O)c2cc(Cl)cc(Cl)c2)CC1. The van der Waals surface area contributed by atoms with Gasteiger partial charge >= 0.3 is 0 Å². The molecule has 3 nitrogen and oxygen atoms in total. The molecule has 0 aromatic heterocycles. The van der Waals surface area contributed by atoms with Gasteiger partial charge in [0, 0.05) is 35.2 Å². The minimum Gasteiger partial charge on any atom is -0.349 e. The van der Waals surface area contributed by atoms with Crippen molar-refractivity contribution in [3.8, 4) is 0 Å². The number of allylic oxidation sites excluding steroid dienone is 1. The highest BCUT2D eigenvalue weighted by Gasteiger charge is 2.34. The highest BCUT2D eigenvalue weighted by molar-refractivity contribution is 6.35. The molecule has 0 unspecified atom stereocenters. The van der Waals surface area contributed by atoms with Crippen molar-refractivity contribution in [3.63, 3.8) is 0 Å². The number of carbonyl (C=O) groups excluding carboxylic acids is 1. The lowest BCUT2D eigenvalue weighted by Gasteiger charge is -2.36. The molecule has 6 heteroatoms. The molecule has 0 aliphatic carbocycles. The Kier molecular flexibility index (Phi) is 7.29. The summed E-state index contributed by atoms with van der Waals surface area (Å²) < 4.78 is 15.0. The standard InChI is InChI=1S/C19H25Cl2FN2O/c1-3-14(4-2)12-24-7-5-19(22,6-8-24)13-23-18(25)15-9-16(20)11-17(21)10-15/h3,9-11H,4-8,12-13H2,1-2H3,(H,23,25)/b14-3+. The number of halogens is 3. The maximum absolute atomic E-state index is 15.0. The quantitative estimate of drug-likeness (QED) is 0.706. The number of benzene rings is 1. The van der Waals surface area contributed by atoms with Gasteiger partial charge in [-0.3, -0.25) is 9.69 Å². The molecule has 1 saturated heterocycles. The number of likely N-dealkylation sites (tertiary alicyclic amines) is 1. The first kappa shape index (κ1) is 20.2. The normalized spacial score (nSPS) is 18.2. The molecule has 2 rings (SSSR count). The number of nitrogens with zero attached hydrogens (tertiary/aromatic N) is 1. The molecule has 1 aromatic rings. The predicted molar refractivity (Wildman–Crippen MR) is 102 cm³/mol. The molecule has 1 heterocycles. The Hall–Kier alpha value is -1.10. The van der Waals surface area contributed by atoms with E-state index < -0.39 is 5.67 Å². The highest BCUT2D eigenvalue weighted by atomic mass is 35.5. The van der Waals surface area contributed by atoms with Gasteiger partial charge in [-0.2, -0.15) is 0 Å². The van der Waals surface area contributed by atoms with Crippen molar-refractivity contribution in [1.29, 1.82) is 0 Å². The first-order valence-corrected chi connectivity index (χ1v) is 9.40. The van der Waals surface area contributed by atoms with Crippen molar-refractivity contribution < 1.29 is 9.18 Å². The number of hydrogen-bond donors (Lipinski definition) is 1. The van der Waals surface area contributed by atoms with Crippen LogP contribution in [0.15, 0.2) is 29.8 Å². The van der Waals surface area contributed by atoms with Crippen LogP contribution in [0.1, 0.15) is 43.5 Å². The second-order valence-corrected chi connectivity index (χ2v) is 7.44. The molecule has 1 fully saturated rings. The van der Waals surface area contributed by atoms with E-state index in [0.717, 1.165) is 13.0 Å². The van der Waals surface area contributed by atoms with Crippen LogP contribution in [0.4, 0.5) is 4.39 Å². The number of nitrogens with one attached hydrogen (secondary N) is 1. The molecule has 1 N–H and O–H groups in total. The predicted octanol–water partition coefficient (Wildman–Crippen LogP) is 4.88. The topological polar surface area (TPSA) is 32.3 Å². The lowest BCUT2D eigenvalue weighted by Crippen LogP contribution is -2.48. The molecule has 1 amide bonds. The van der Waals surface area contributed by atoms with Crippen molar-refractivity contribution >= 4 is 29.1 Å². The van der Waals surface area contributed by atoms with Gasteiger partial charge in [-0.1, -0.05) is 41.8 Å². The molecule has 1 aromatic carbocycles. The number of carbonyl (C=O) groups is 1. The van der Waals surface area contributed by atoms with Crippen LogP contribution < -0.4 is 5.32 Å². The summed E-state index contributed by atoms with van der Waals surface area (Å²) in [5.41, 5.74) is 0.355. The van der Waals surface area contributed by atoms with Crippen LogP contribution in [-0.4, -0.2) is 42.7 Å². The minimum absolute atomic E-state index is 0.00799. The Morgan fingerprint density at radius 2 is 1.88 bits per heavy atom. The monoisotopic (exact) mass is 386 g/mol. The Morgan fingerprint density at radius 1 is 1.28 bits per heavy atom. The van der Waals surface area contributed by atoms with Crippen LogP contribution in [0.5, 0.6) is 0 Å². The van der Waals surface area contributed by atoms with Gasteiger partial charge in [-0.25, -0.2) is 4.39 Å². The number of hydrogen-bond acceptors (Lipinski definition) is 2. The molecule has 138 valence electrons. The van der Waals surface area contributed by atoms with Crippen LogP contribution >= 0.6 is 23.2 Å². The summed E-state index contributed by atoms with van der Waals surface area (Å²) in [4.78, 5) is 14.5. The van der Waals surface area contributed by atoms with E-state index in [1.54, 1.807) is 6.07 Å². The Labute approximate surface area is 159 Å². The van der Waals surface area contributed by atoms with Gasteiger partial charge in [0.15, 0.2) is 0 Å². The third-order valence-corrected chi connectivity index (χ3v) is 5.17. The molecular weight excluding hydrogens is 362 g/mol. The fraction of sp³-hybridized carbons (Fsp3) is 0.526. The first-order valence-electron chi connectivity index (χ1n) is 8.65. The third kappa shape index (κ3) is 5.98. The van der Waals surface area contributed by atoms with Gasteiger partial charge in [0.2, 0.25) is 0 Å². The summed E-state index contributed by atoms with van der Waals surface area (Å²) in [7, 11) is 0. The second kappa shape index (κ2) is 9.02. The van der Waals surface area contributed by atoms with Crippen molar-refractivity contribution in [1.82, 2.24) is 10.2 Å². The number of piperidine rings is 1. The lowest BCUT2D eigenvalue weighted by molar-refractivity contribution is 0.0574. The summed E-state index contributed by atoms with van der Waals surface area (Å²) in [6.07, 6.45) is 3.99. The summed E-state index contributed by atoms with van der Waals surface area (Å²) in [5, 5.41) is 3.45. The van der Waals surface area contributed by atoms with E-state index in [2.05, 4.69) is 23.2 Å². The number of alkyl halides is 1. The summed E-state index contributed by atoms with van der Waals surface area (Å²) >= 11 is 11.8.